The summed E-state index contributed by atoms with van der Waals surface area (Å²) in [5.41, 5.74) is 7.60. The van der Waals surface area contributed by atoms with Crippen molar-refractivity contribution in [1.82, 2.24) is 9.88 Å². The van der Waals surface area contributed by atoms with Crippen LogP contribution in [0.4, 0.5) is 9.52 Å². The zero-order chi connectivity index (χ0) is 19.7. The molecular formula is C21H20FN3O2S. The first-order valence-electron chi connectivity index (χ1n) is 9.04. The number of phenolic OH excluding ortho intramolecular Hbond substituents is 1. The molecular weight excluding hydrogens is 377 g/mol. The van der Waals surface area contributed by atoms with Crippen LogP contribution in [0, 0.1) is 5.82 Å². The fourth-order valence-electron chi connectivity index (χ4n) is 3.90. The second kappa shape index (κ2) is 7.24. The van der Waals surface area contributed by atoms with Crippen LogP contribution in [-0.4, -0.2) is 34.0 Å². The molecule has 2 heterocycles. The number of carbonyl (C=O) groups is 1. The Morgan fingerprint density at radius 1 is 1.18 bits per heavy atom. The Hall–Kier alpha value is -2.93. The van der Waals surface area contributed by atoms with Crippen LogP contribution in [0.5, 0.6) is 5.75 Å². The normalized spacial score (nSPS) is 16.1. The molecule has 1 aliphatic rings. The number of benzene rings is 2. The van der Waals surface area contributed by atoms with Crippen molar-refractivity contribution < 1.29 is 14.3 Å². The molecule has 1 aliphatic heterocycles. The van der Waals surface area contributed by atoms with E-state index in [1.807, 2.05) is 23.6 Å². The molecule has 1 amide bonds. The number of amides is 1. The molecule has 0 aliphatic carbocycles. The number of aromatic hydroxyl groups is 1. The number of piperidine rings is 1. The summed E-state index contributed by atoms with van der Waals surface area (Å²) >= 11 is 1.41. The molecule has 28 heavy (non-hydrogen) atoms. The van der Waals surface area contributed by atoms with Gasteiger partial charge in [0.1, 0.15) is 11.6 Å². The number of aromatic nitrogens is 1. The van der Waals surface area contributed by atoms with E-state index in [0.717, 1.165) is 17.3 Å². The molecule has 4 rings (SSSR count). The predicted molar refractivity (Wildman–Crippen MR) is 107 cm³/mol. The van der Waals surface area contributed by atoms with Crippen molar-refractivity contribution in [2.24, 2.45) is 0 Å². The number of hydrogen-bond donors (Lipinski definition) is 2. The smallest absolute Gasteiger partial charge is 0.256 e. The van der Waals surface area contributed by atoms with Gasteiger partial charge in [-0.3, -0.25) is 4.79 Å². The van der Waals surface area contributed by atoms with Gasteiger partial charge in [-0.2, -0.15) is 0 Å². The van der Waals surface area contributed by atoms with Gasteiger partial charge in [-0.25, -0.2) is 9.37 Å². The van der Waals surface area contributed by atoms with E-state index in [0.29, 0.717) is 31.1 Å². The van der Waals surface area contributed by atoms with Gasteiger partial charge in [-0.1, -0.05) is 30.3 Å². The third-order valence-corrected chi connectivity index (χ3v) is 6.10. The zero-order valence-corrected chi connectivity index (χ0v) is 16.0. The average Bonchev–Trinajstić information content (AvgIpc) is 3.15. The molecule has 1 saturated heterocycles. The molecule has 2 aromatic carbocycles. The number of halogens is 1. The van der Waals surface area contributed by atoms with Crippen LogP contribution in [0.2, 0.25) is 0 Å². The molecule has 1 fully saturated rings. The Morgan fingerprint density at radius 3 is 2.50 bits per heavy atom. The molecule has 0 radical (unpaired) electrons. The molecule has 0 bridgehead atoms. The lowest BCUT2D eigenvalue weighted by molar-refractivity contribution is 0.0679. The summed E-state index contributed by atoms with van der Waals surface area (Å²) in [6.45, 7) is 0.955. The quantitative estimate of drug-likeness (QED) is 0.705. The summed E-state index contributed by atoms with van der Waals surface area (Å²) in [5.74, 6) is -1.27. The van der Waals surface area contributed by atoms with Gasteiger partial charge < -0.3 is 15.7 Å². The van der Waals surface area contributed by atoms with Crippen LogP contribution in [0.25, 0.3) is 0 Å². The van der Waals surface area contributed by atoms with Gasteiger partial charge in [0.2, 0.25) is 0 Å². The van der Waals surface area contributed by atoms with E-state index in [9.17, 15) is 14.3 Å². The van der Waals surface area contributed by atoms with Gasteiger partial charge in [0, 0.05) is 30.0 Å². The Labute approximate surface area is 166 Å². The lowest BCUT2D eigenvalue weighted by Gasteiger charge is -2.41. The molecule has 1 aromatic heterocycles. The summed E-state index contributed by atoms with van der Waals surface area (Å²) in [6, 6.07) is 13.7. The topological polar surface area (TPSA) is 79.5 Å². The largest absolute Gasteiger partial charge is 0.508 e. The molecule has 3 aromatic rings. The fraction of sp³-hybridized carbons (Fsp3) is 0.238. The van der Waals surface area contributed by atoms with Crippen molar-refractivity contribution in [3.05, 3.63) is 76.5 Å². The van der Waals surface area contributed by atoms with E-state index in [2.05, 4.69) is 17.1 Å². The minimum atomic E-state index is -0.711. The maximum Gasteiger partial charge on any atom is 0.256 e. The number of nitrogens with two attached hydrogens (primary N) is 1. The number of anilines is 1. The van der Waals surface area contributed by atoms with Crippen LogP contribution in [0.1, 0.15) is 34.5 Å². The van der Waals surface area contributed by atoms with Crippen molar-refractivity contribution >= 4 is 22.4 Å². The maximum atomic E-state index is 14.1. The summed E-state index contributed by atoms with van der Waals surface area (Å²) < 4.78 is 14.1. The van der Waals surface area contributed by atoms with Crippen LogP contribution < -0.4 is 5.73 Å². The third-order valence-electron chi connectivity index (χ3n) is 5.43. The van der Waals surface area contributed by atoms with E-state index in [4.69, 9.17) is 5.73 Å². The number of nitrogen functional groups attached to an aromatic ring is 1. The minimum absolute atomic E-state index is 0.0251. The van der Waals surface area contributed by atoms with Gasteiger partial charge >= 0.3 is 0 Å². The highest BCUT2D eigenvalue weighted by Gasteiger charge is 2.41. The Morgan fingerprint density at radius 2 is 1.89 bits per heavy atom. The highest BCUT2D eigenvalue weighted by atomic mass is 32.1. The lowest BCUT2D eigenvalue weighted by Crippen LogP contribution is -2.46. The second-order valence-corrected chi connectivity index (χ2v) is 7.87. The number of rotatable bonds is 3. The molecule has 3 N–H and O–H groups in total. The van der Waals surface area contributed by atoms with Crippen LogP contribution in [-0.2, 0) is 5.41 Å². The first kappa shape index (κ1) is 18.4. The SMILES string of the molecule is Nc1nc(C2(c3ccccc3)CCN(C(=O)c3ccc(O)cc3F)CC2)cs1. The molecule has 0 spiro atoms. The highest BCUT2D eigenvalue weighted by Crippen LogP contribution is 2.42. The summed E-state index contributed by atoms with van der Waals surface area (Å²) in [6.07, 6.45) is 1.34. The number of hydrogen-bond acceptors (Lipinski definition) is 5. The molecule has 144 valence electrons. The molecule has 5 nitrogen and oxygen atoms in total. The van der Waals surface area contributed by atoms with Gasteiger partial charge in [0.25, 0.3) is 5.91 Å². The summed E-state index contributed by atoms with van der Waals surface area (Å²) in [5, 5.41) is 11.9. The maximum absolute atomic E-state index is 14.1. The van der Waals surface area contributed by atoms with Crippen LogP contribution >= 0.6 is 11.3 Å². The summed E-state index contributed by atoms with van der Waals surface area (Å²) in [4.78, 5) is 19.0. The van der Waals surface area contributed by atoms with E-state index in [1.54, 1.807) is 4.90 Å². The van der Waals surface area contributed by atoms with Crippen LogP contribution in [0.15, 0.2) is 53.9 Å². The summed E-state index contributed by atoms with van der Waals surface area (Å²) in [7, 11) is 0. The lowest BCUT2D eigenvalue weighted by atomic mass is 9.70. The molecule has 0 unspecified atom stereocenters. The number of phenols is 1. The van der Waals surface area contributed by atoms with Gasteiger partial charge in [0.05, 0.1) is 11.3 Å². The Kier molecular flexibility index (Phi) is 4.77. The zero-order valence-electron chi connectivity index (χ0n) is 15.1. The monoisotopic (exact) mass is 397 g/mol. The first-order valence-corrected chi connectivity index (χ1v) is 9.92. The van der Waals surface area contributed by atoms with E-state index in [1.165, 1.54) is 23.5 Å². The van der Waals surface area contributed by atoms with E-state index >= 15 is 0 Å². The van der Waals surface area contributed by atoms with Crippen molar-refractivity contribution in [3.63, 3.8) is 0 Å². The van der Waals surface area contributed by atoms with E-state index in [-0.39, 0.29) is 22.6 Å². The average molecular weight is 397 g/mol. The molecule has 0 saturated carbocycles. The molecule has 7 heteroatoms. The fourth-order valence-corrected chi connectivity index (χ4v) is 4.56. The van der Waals surface area contributed by atoms with Gasteiger partial charge in [-0.05, 0) is 30.5 Å². The number of likely N-dealkylation sites (tertiary alicyclic amines) is 1. The standard InChI is InChI=1S/C21H20FN3O2S/c22-17-12-15(26)6-7-16(17)19(27)25-10-8-21(9-11-25,14-4-2-1-3-5-14)18-13-28-20(23)24-18/h1-7,12-13,26H,8-11H2,(H2,23,24). The minimum Gasteiger partial charge on any atom is -0.508 e. The van der Waals surface area contributed by atoms with Crippen molar-refractivity contribution in [3.8, 4) is 5.75 Å². The van der Waals surface area contributed by atoms with Gasteiger partial charge in [-0.15, -0.1) is 11.3 Å². The van der Waals surface area contributed by atoms with Crippen molar-refractivity contribution in [2.75, 3.05) is 18.8 Å². The van der Waals surface area contributed by atoms with Crippen molar-refractivity contribution in [1.29, 1.82) is 0 Å². The predicted octanol–water partition coefficient (Wildman–Crippen LogP) is 3.79. The third kappa shape index (κ3) is 3.22. The highest BCUT2D eigenvalue weighted by molar-refractivity contribution is 7.13. The van der Waals surface area contributed by atoms with Crippen molar-refractivity contribution in [2.45, 2.75) is 18.3 Å². The first-order chi connectivity index (χ1) is 13.5. The van der Waals surface area contributed by atoms with Gasteiger partial charge in [0.15, 0.2) is 5.13 Å². The second-order valence-electron chi connectivity index (χ2n) is 6.98. The Bertz CT molecular complexity index is 998. The van der Waals surface area contributed by atoms with E-state index < -0.39 is 5.82 Å². The number of thiazole rings is 1. The Balaban J connectivity index is 1.61. The van der Waals surface area contributed by atoms with Crippen LogP contribution in [0.3, 0.4) is 0 Å². The number of carbonyl (C=O) groups excluding carboxylic acids is 1. The molecule has 0 atom stereocenters. The number of nitrogens with zero attached hydrogens (tertiary/aromatic N) is 2.